The number of hydrogen-bond donors (Lipinski definition) is 0. The quantitative estimate of drug-likeness (QED) is 0.645. The van der Waals surface area contributed by atoms with E-state index in [-0.39, 0.29) is 5.91 Å². The third-order valence-corrected chi connectivity index (χ3v) is 2.31. The van der Waals surface area contributed by atoms with Gasteiger partial charge in [0.15, 0.2) is 0 Å². The van der Waals surface area contributed by atoms with E-state index in [1.807, 2.05) is 11.8 Å². The van der Waals surface area contributed by atoms with Crippen molar-refractivity contribution in [2.45, 2.75) is 53.5 Å². The van der Waals surface area contributed by atoms with E-state index in [4.69, 9.17) is 0 Å². The van der Waals surface area contributed by atoms with Crippen LogP contribution in [0, 0.1) is 5.92 Å². The van der Waals surface area contributed by atoms with Crippen LogP contribution in [-0.2, 0) is 4.79 Å². The molecule has 0 saturated heterocycles. The van der Waals surface area contributed by atoms with Crippen molar-refractivity contribution >= 4 is 5.91 Å². The van der Waals surface area contributed by atoms with Gasteiger partial charge >= 0.3 is 0 Å². The predicted molar refractivity (Wildman–Crippen MR) is 56.6 cm³/mol. The minimum atomic E-state index is 0.281. The minimum Gasteiger partial charge on any atom is -0.340 e. The Labute approximate surface area is 82.3 Å². The Hall–Kier alpha value is -0.530. The first-order valence-electron chi connectivity index (χ1n) is 5.32. The maximum atomic E-state index is 11.6. The van der Waals surface area contributed by atoms with Gasteiger partial charge in [-0.2, -0.15) is 0 Å². The summed E-state index contributed by atoms with van der Waals surface area (Å²) in [5, 5.41) is 0. The Morgan fingerprint density at radius 1 is 1.23 bits per heavy atom. The molecule has 0 bridgehead atoms. The lowest BCUT2D eigenvalue weighted by atomic mass is 10.1. The lowest BCUT2D eigenvalue weighted by Crippen LogP contribution is -2.40. The molecule has 0 rings (SSSR count). The summed E-state index contributed by atoms with van der Waals surface area (Å²) < 4.78 is 0. The SMILES string of the molecule is CCC(=O)N(CC(C)C)C(C)CC. The van der Waals surface area contributed by atoms with Crippen LogP contribution in [-0.4, -0.2) is 23.4 Å². The fourth-order valence-electron chi connectivity index (χ4n) is 1.34. The summed E-state index contributed by atoms with van der Waals surface area (Å²) in [4.78, 5) is 13.6. The van der Waals surface area contributed by atoms with E-state index in [1.165, 1.54) is 0 Å². The fourth-order valence-corrected chi connectivity index (χ4v) is 1.34. The van der Waals surface area contributed by atoms with Gasteiger partial charge in [0, 0.05) is 19.0 Å². The molecule has 1 atom stereocenters. The molecule has 0 fully saturated rings. The van der Waals surface area contributed by atoms with E-state index < -0.39 is 0 Å². The second kappa shape index (κ2) is 6.01. The minimum absolute atomic E-state index is 0.281. The molecular weight excluding hydrogens is 162 g/mol. The molecule has 0 saturated carbocycles. The van der Waals surface area contributed by atoms with Crippen molar-refractivity contribution in [3.05, 3.63) is 0 Å². The summed E-state index contributed by atoms with van der Waals surface area (Å²) in [5.41, 5.74) is 0. The van der Waals surface area contributed by atoms with Crippen molar-refractivity contribution < 1.29 is 4.79 Å². The third kappa shape index (κ3) is 4.30. The maximum absolute atomic E-state index is 11.6. The van der Waals surface area contributed by atoms with Gasteiger partial charge in [-0.3, -0.25) is 4.79 Å². The molecule has 0 aliphatic carbocycles. The molecule has 13 heavy (non-hydrogen) atoms. The average molecular weight is 185 g/mol. The molecule has 0 radical (unpaired) electrons. The summed E-state index contributed by atoms with van der Waals surface area (Å²) >= 11 is 0. The van der Waals surface area contributed by atoms with Crippen molar-refractivity contribution in [2.75, 3.05) is 6.54 Å². The zero-order valence-corrected chi connectivity index (χ0v) is 9.63. The first kappa shape index (κ1) is 12.5. The van der Waals surface area contributed by atoms with Crippen LogP contribution in [0.4, 0.5) is 0 Å². The van der Waals surface area contributed by atoms with Crippen LogP contribution in [0.3, 0.4) is 0 Å². The topological polar surface area (TPSA) is 20.3 Å². The Kier molecular flexibility index (Phi) is 5.76. The van der Waals surface area contributed by atoms with E-state index in [9.17, 15) is 4.79 Å². The van der Waals surface area contributed by atoms with Gasteiger partial charge in [-0.15, -0.1) is 0 Å². The molecule has 2 heteroatoms. The van der Waals surface area contributed by atoms with Crippen molar-refractivity contribution in [3.63, 3.8) is 0 Å². The second-order valence-electron chi connectivity index (χ2n) is 4.05. The number of amides is 1. The third-order valence-electron chi connectivity index (χ3n) is 2.31. The first-order valence-corrected chi connectivity index (χ1v) is 5.32. The van der Waals surface area contributed by atoms with Gasteiger partial charge < -0.3 is 4.90 Å². The highest BCUT2D eigenvalue weighted by molar-refractivity contribution is 5.76. The van der Waals surface area contributed by atoms with Gasteiger partial charge in [0.2, 0.25) is 5.91 Å². The molecule has 2 nitrogen and oxygen atoms in total. The van der Waals surface area contributed by atoms with Gasteiger partial charge in [0.1, 0.15) is 0 Å². The largest absolute Gasteiger partial charge is 0.340 e. The Balaban J connectivity index is 4.26. The zero-order valence-electron chi connectivity index (χ0n) is 9.63. The molecule has 0 aliphatic rings. The van der Waals surface area contributed by atoms with Gasteiger partial charge in [-0.1, -0.05) is 27.7 Å². The molecule has 0 aromatic heterocycles. The first-order chi connectivity index (χ1) is 6.02. The molecule has 0 spiro atoms. The predicted octanol–water partition coefficient (Wildman–Crippen LogP) is 2.68. The molecule has 1 unspecified atom stereocenters. The lowest BCUT2D eigenvalue weighted by Gasteiger charge is -2.30. The van der Waals surface area contributed by atoms with Crippen LogP contribution in [0.15, 0.2) is 0 Å². The number of nitrogens with zero attached hydrogens (tertiary/aromatic N) is 1. The van der Waals surface area contributed by atoms with Crippen LogP contribution in [0.2, 0.25) is 0 Å². The van der Waals surface area contributed by atoms with Crippen LogP contribution in [0.5, 0.6) is 0 Å². The normalized spacial score (nSPS) is 13.1. The highest BCUT2D eigenvalue weighted by Gasteiger charge is 2.17. The highest BCUT2D eigenvalue weighted by Crippen LogP contribution is 2.09. The van der Waals surface area contributed by atoms with Gasteiger partial charge in [0.25, 0.3) is 0 Å². The number of rotatable bonds is 5. The lowest BCUT2D eigenvalue weighted by molar-refractivity contribution is -0.133. The highest BCUT2D eigenvalue weighted by atomic mass is 16.2. The number of carbonyl (C=O) groups excluding carboxylic acids is 1. The number of hydrogen-bond acceptors (Lipinski definition) is 1. The van der Waals surface area contributed by atoms with E-state index in [1.54, 1.807) is 0 Å². The van der Waals surface area contributed by atoms with E-state index in [0.29, 0.717) is 18.4 Å². The van der Waals surface area contributed by atoms with Gasteiger partial charge in [0.05, 0.1) is 0 Å². The van der Waals surface area contributed by atoms with Crippen molar-refractivity contribution in [1.29, 1.82) is 0 Å². The summed E-state index contributed by atoms with van der Waals surface area (Å²) in [7, 11) is 0. The molecule has 0 aromatic rings. The van der Waals surface area contributed by atoms with Crippen molar-refractivity contribution in [1.82, 2.24) is 4.90 Å². The van der Waals surface area contributed by atoms with Crippen LogP contribution < -0.4 is 0 Å². The summed E-state index contributed by atoms with van der Waals surface area (Å²) in [6, 6.07) is 0.384. The Bertz CT molecular complexity index is 154. The monoisotopic (exact) mass is 185 g/mol. The zero-order chi connectivity index (χ0) is 10.4. The number of carbonyl (C=O) groups is 1. The molecule has 1 amide bonds. The van der Waals surface area contributed by atoms with Crippen LogP contribution >= 0.6 is 0 Å². The van der Waals surface area contributed by atoms with E-state index in [0.717, 1.165) is 13.0 Å². The van der Waals surface area contributed by atoms with Crippen molar-refractivity contribution in [3.8, 4) is 0 Å². The molecule has 0 heterocycles. The summed E-state index contributed by atoms with van der Waals surface area (Å²) in [6.45, 7) is 11.4. The van der Waals surface area contributed by atoms with Gasteiger partial charge in [-0.05, 0) is 19.3 Å². The maximum Gasteiger partial charge on any atom is 0.222 e. The Morgan fingerprint density at radius 2 is 1.77 bits per heavy atom. The second-order valence-corrected chi connectivity index (χ2v) is 4.05. The molecule has 0 aliphatic heterocycles. The Morgan fingerprint density at radius 3 is 2.08 bits per heavy atom. The average Bonchev–Trinajstić information content (AvgIpc) is 2.11. The molecular formula is C11H23NO. The summed E-state index contributed by atoms with van der Waals surface area (Å²) in [6.07, 6.45) is 1.66. The van der Waals surface area contributed by atoms with E-state index in [2.05, 4.69) is 27.7 Å². The molecule has 78 valence electrons. The van der Waals surface area contributed by atoms with Crippen LogP contribution in [0.1, 0.15) is 47.5 Å². The van der Waals surface area contributed by atoms with Gasteiger partial charge in [-0.25, -0.2) is 0 Å². The summed E-state index contributed by atoms with van der Waals surface area (Å²) in [5.74, 6) is 0.840. The smallest absolute Gasteiger partial charge is 0.222 e. The molecule has 0 N–H and O–H groups in total. The van der Waals surface area contributed by atoms with E-state index >= 15 is 0 Å². The molecule has 0 aromatic carbocycles. The van der Waals surface area contributed by atoms with Crippen LogP contribution in [0.25, 0.3) is 0 Å². The van der Waals surface area contributed by atoms with Crippen molar-refractivity contribution in [2.24, 2.45) is 5.92 Å². The standard InChI is InChI=1S/C11H23NO/c1-6-10(5)12(8-9(3)4)11(13)7-2/h9-10H,6-8H2,1-5H3. The fraction of sp³-hybridized carbons (Fsp3) is 0.909.